The largest absolute Gasteiger partial charge is 0.399 e. The van der Waals surface area contributed by atoms with Gasteiger partial charge in [0.25, 0.3) is 5.91 Å². The van der Waals surface area contributed by atoms with E-state index in [1.807, 2.05) is 24.5 Å². The minimum absolute atomic E-state index is 0.0502. The number of aromatic nitrogens is 2. The fourth-order valence-corrected chi connectivity index (χ4v) is 3.75. The van der Waals surface area contributed by atoms with Gasteiger partial charge >= 0.3 is 0 Å². The van der Waals surface area contributed by atoms with Gasteiger partial charge in [-0.1, -0.05) is 44.9 Å². The number of amides is 1. The molecule has 2 aromatic heterocycles. The minimum atomic E-state index is -0.612. The standard InChI is InChI=1S/C22H25ClN4O2/c1-4-5-18-19(20(28)12(2)3)15-8-9-17(21(25)29)26-22(15)27(18)11-13-6-7-14(24)10-16(13)23/h6-10,12H,4-5,11,24H2,1-3H3,(H2,25,29). The second-order valence-corrected chi connectivity index (χ2v) is 7.87. The first-order valence-electron chi connectivity index (χ1n) is 9.64. The van der Waals surface area contributed by atoms with Crippen LogP contribution in [0.3, 0.4) is 0 Å². The number of ketones is 1. The maximum atomic E-state index is 13.1. The first kappa shape index (κ1) is 20.9. The normalized spacial score (nSPS) is 11.3. The number of benzene rings is 1. The Balaban J connectivity index is 2.32. The fourth-order valence-electron chi connectivity index (χ4n) is 3.50. The number of nitrogens with two attached hydrogens (primary N) is 2. The number of fused-ring (bicyclic) bond motifs is 1. The maximum absolute atomic E-state index is 13.1. The van der Waals surface area contributed by atoms with E-state index in [9.17, 15) is 9.59 Å². The molecule has 1 aromatic carbocycles. The van der Waals surface area contributed by atoms with Crippen molar-refractivity contribution in [1.29, 1.82) is 0 Å². The van der Waals surface area contributed by atoms with Gasteiger partial charge in [0.2, 0.25) is 0 Å². The average molecular weight is 413 g/mol. The van der Waals surface area contributed by atoms with Crippen molar-refractivity contribution < 1.29 is 9.59 Å². The van der Waals surface area contributed by atoms with Crippen molar-refractivity contribution >= 4 is 40.0 Å². The highest BCUT2D eigenvalue weighted by Gasteiger charge is 2.25. The molecule has 3 aromatic rings. The SMILES string of the molecule is CCCc1c(C(=O)C(C)C)c2ccc(C(N)=O)nc2n1Cc1ccc(N)cc1Cl. The van der Waals surface area contributed by atoms with E-state index in [2.05, 4.69) is 11.9 Å². The Morgan fingerprint density at radius 2 is 1.93 bits per heavy atom. The highest BCUT2D eigenvalue weighted by Crippen LogP contribution is 2.31. The lowest BCUT2D eigenvalue weighted by molar-refractivity contribution is 0.0939. The Hall–Kier alpha value is -2.86. The van der Waals surface area contributed by atoms with Crippen LogP contribution < -0.4 is 11.5 Å². The van der Waals surface area contributed by atoms with Gasteiger partial charge in [-0.3, -0.25) is 9.59 Å². The van der Waals surface area contributed by atoms with Gasteiger partial charge in [0.05, 0.1) is 6.54 Å². The van der Waals surface area contributed by atoms with Crippen LogP contribution in [0.2, 0.25) is 5.02 Å². The summed E-state index contributed by atoms with van der Waals surface area (Å²) in [6.07, 6.45) is 1.55. The lowest BCUT2D eigenvalue weighted by Crippen LogP contribution is -2.14. The Kier molecular flexibility index (Phi) is 5.94. The zero-order valence-corrected chi connectivity index (χ0v) is 17.6. The average Bonchev–Trinajstić information content (AvgIpc) is 2.96. The minimum Gasteiger partial charge on any atom is -0.399 e. The number of hydrogen-bond donors (Lipinski definition) is 2. The van der Waals surface area contributed by atoms with Crippen LogP contribution >= 0.6 is 11.6 Å². The molecule has 0 aliphatic carbocycles. The van der Waals surface area contributed by atoms with Crippen LogP contribution in [-0.4, -0.2) is 21.2 Å². The van der Waals surface area contributed by atoms with E-state index in [0.29, 0.717) is 34.9 Å². The molecule has 0 spiro atoms. The summed E-state index contributed by atoms with van der Waals surface area (Å²) in [5.74, 6) is -0.728. The van der Waals surface area contributed by atoms with E-state index >= 15 is 0 Å². The maximum Gasteiger partial charge on any atom is 0.267 e. The van der Waals surface area contributed by atoms with E-state index in [0.717, 1.165) is 23.1 Å². The molecule has 0 saturated carbocycles. The molecule has 0 aliphatic heterocycles. The van der Waals surface area contributed by atoms with Crippen LogP contribution in [0.1, 0.15) is 59.3 Å². The summed E-state index contributed by atoms with van der Waals surface area (Å²) >= 11 is 6.41. The molecule has 0 unspecified atom stereocenters. The molecule has 3 rings (SSSR count). The quantitative estimate of drug-likeness (QED) is 0.448. The van der Waals surface area contributed by atoms with E-state index in [4.69, 9.17) is 23.1 Å². The van der Waals surface area contributed by atoms with Crippen LogP contribution in [0, 0.1) is 5.92 Å². The monoisotopic (exact) mass is 412 g/mol. The van der Waals surface area contributed by atoms with Gasteiger partial charge in [-0.05, 0) is 36.2 Å². The summed E-state index contributed by atoms with van der Waals surface area (Å²) in [4.78, 5) is 29.3. The summed E-state index contributed by atoms with van der Waals surface area (Å²) in [5, 5.41) is 1.26. The summed E-state index contributed by atoms with van der Waals surface area (Å²) in [7, 11) is 0. The van der Waals surface area contributed by atoms with Gasteiger partial charge in [0, 0.05) is 33.3 Å². The van der Waals surface area contributed by atoms with Crippen molar-refractivity contribution in [3.63, 3.8) is 0 Å². The van der Waals surface area contributed by atoms with Crippen LogP contribution in [0.25, 0.3) is 11.0 Å². The lowest BCUT2D eigenvalue weighted by atomic mass is 9.97. The molecule has 4 N–H and O–H groups in total. The number of nitrogens with zero attached hydrogens (tertiary/aromatic N) is 2. The van der Waals surface area contributed by atoms with Gasteiger partial charge < -0.3 is 16.0 Å². The molecule has 0 bridgehead atoms. The molecular weight excluding hydrogens is 388 g/mol. The predicted molar refractivity (Wildman–Crippen MR) is 116 cm³/mol. The number of primary amides is 1. The van der Waals surface area contributed by atoms with Gasteiger partial charge in [-0.15, -0.1) is 0 Å². The number of carbonyl (C=O) groups excluding carboxylic acids is 2. The topological polar surface area (TPSA) is 104 Å². The number of hydrogen-bond acceptors (Lipinski definition) is 4. The second-order valence-electron chi connectivity index (χ2n) is 7.46. The number of nitrogen functional groups attached to an aromatic ring is 1. The highest BCUT2D eigenvalue weighted by molar-refractivity contribution is 6.31. The second kappa shape index (κ2) is 8.25. The van der Waals surface area contributed by atoms with Gasteiger partial charge in [0.1, 0.15) is 11.3 Å². The first-order chi connectivity index (χ1) is 13.7. The summed E-state index contributed by atoms with van der Waals surface area (Å²) in [5.41, 5.74) is 15.0. The molecule has 1 amide bonds. The number of anilines is 1. The van der Waals surface area contributed by atoms with E-state index in [1.165, 1.54) is 0 Å². The van der Waals surface area contributed by atoms with Crippen LogP contribution in [0.4, 0.5) is 5.69 Å². The van der Waals surface area contributed by atoms with Gasteiger partial charge in [-0.25, -0.2) is 4.98 Å². The smallest absolute Gasteiger partial charge is 0.267 e. The molecule has 29 heavy (non-hydrogen) atoms. The molecule has 0 radical (unpaired) electrons. The molecule has 0 saturated heterocycles. The van der Waals surface area contributed by atoms with Crippen molar-refractivity contribution in [2.45, 2.75) is 40.2 Å². The Bertz CT molecular complexity index is 1100. The van der Waals surface area contributed by atoms with Crippen molar-refractivity contribution in [1.82, 2.24) is 9.55 Å². The van der Waals surface area contributed by atoms with E-state index in [1.54, 1.807) is 24.3 Å². The fraction of sp³-hybridized carbons (Fsp3) is 0.318. The molecule has 0 aliphatic rings. The summed E-state index contributed by atoms with van der Waals surface area (Å²) in [6.45, 7) is 6.22. The number of rotatable bonds is 7. The molecule has 7 heteroatoms. The summed E-state index contributed by atoms with van der Waals surface area (Å²) < 4.78 is 1.97. The molecule has 0 fully saturated rings. The van der Waals surface area contributed by atoms with Crippen LogP contribution in [-0.2, 0) is 13.0 Å². The third-order valence-electron chi connectivity index (χ3n) is 4.93. The zero-order chi connectivity index (χ0) is 21.3. The number of carbonyl (C=O) groups is 2. The summed E-state index contributed by atoms with van der Waals surface area (Å²) in [6, 6.07) is 8.68. The Labute approximate surface area is 174 Å². The predicted octanol–water partition coefficient (Wildman–Crippen LogP) is 4.21. The first-order valence-corrected chi connectivity index (χ1v) is 10.0. The molecule has 6 nitrogen and oxygen atoms in total. The van der Waals surface area contributed by atoms with E-state index in [-0.39, 0.29) is 17.4 Å². The number of halogens is 1. The third-order valence-corrected chi connectivity index (χ3v) is 5.28. The van der Waals surface area contributed by atoms with Crippen LogP contribution in [0.15, 0.2) is 30.3 Å². The third kappa shape index (κ3) is 3.98. The van der Waals surface area contributed by atoms with Crippen LogP contribution in [0.5, 0.6) is 0 Å². The molecular formula is C22H25ClN4O2. The highest BCUT2D eigenvalue weighted by atomic mass is 35.5. The Morgan fingerprint density at radius 1 is 1.21 bits per heavy atom. The number of Topliss-reactive ketones (excluding diaryl/α,β-unsaturated/α-hetero) is 1. The van der Waals surface area contributed by atoms with Gasteiger partial charge in [0.15, 0.2) is 5.78 Å². The molecule has 2 heterocycles. The van der Waals surface area contributed by atoms with E-state index < -0.39 is 5.91 Å². The van der Waals surface area contributed by atoms with Gasteiger partial charge in [-0.2, -0.15) is 0 Å². The van der Waals surface area contributed by atoms with Crippen molar-refractivity contribution in [3.8, 4) is 0 Å². The molecule has 0 atom stereocenters. The molecule has 152 valence electrons. The number of pyridine rings is 1. The van der Waals surface area contributed by atoms with Crippen molar-refractivity contribution in [3.05, 3.63) is 57.9 Å². The zero-order valence-electron chi connectivity index (χ0n) is 16.8. The Morgan fingerprint density at radius 3 is 2.52 bits per heavy atom. The van der Waals surface area contributed by atoms with Crippen molar-refractivity contribution in [2.75, 3.05) is 5.73 Å². The van der Waals surface area contributed by atoms with Crippen molar-refractivity contribution in [2.24, 2.45) is 11.7 Å². The lowest BCUT2D eigenvalue weighted by Gasteiger charge is -2.13.